The van der Waals surface area contributed by atoms with Gasteiger partial charge in [0.25, 0.3) is 17.4 Å². The first kappa shape index (κ1) is 22.0. The molecule has 0 aliphatic heterocycles. The van der Waals surface area contributed by atoms with Gasteiger partial charge in [0.05, 0.1) is 10.9 Å². The molecule has 8 nitrogen and oxygen atoms in total. The third kappa shape index (κ3) is 4.86. The monoisotopic (exact) mass is 462 g/mol. The van der Waals surface area contributed by atoms with Crippen LogP contribution < -0.4 is 21.1 Å². The summed E-state index contributed by atoms with van der Waals surface area (Å²) >= 11 is 5.90. The van der Waals surface area contributed by atoms with E-state index < -0.39 is 11.8 Å². The van der Waals surface area contributed by atoms with E-state index in [2.05, 4.69) is 16.0 Å². The number of aryl methyl sites for hydroxylation is 1. The molecule has 2 amide bonds. The SMILES string of the molecule is Cn1nc(C(=O)NNC(=O)c2ccccc2OCc2ccc(Cl)cc2)c2ccccc2c1=O. The van der Waals surface area contributed by atoms with Gasteiger partial charge in [0.1, 0.15) is 12.4 Å². The standard InChI is InChI=1S/C24H19ClN4O4/c1-29-24(32)18-7-3-2-6-17(18)21(28-29)23(31)27-26-22(30)19-8-4-5-9-20(19)33-14-15-10-12-16(25)13-11-15/h2-13H,14H2,1H3,(H,26,30)(H,27,31). The van der Waals surface area contributed by atoms with Crippen LogP contribution in [-0.2, 0) is 13.7 Å². The highest BCUT2D eigenvalue weighted by Crippen LogP contribution is 2.20. The highest BCUT2D eigenvalue weighted by molar-refractivity contribution is 6.30. The summed E-state index contributed by atoms with van der Waals surface area (Å²) in [6.45, 7) is 0.238. The molecule has 0 spiro atoms. The van der Waals surface area contributed by atoms with E-state index in [4.69, 9.17) is 16.3 Å². The van der Waals surface area contributed by atoms with Gasteiger partial charge >= 0.3 is 0 Å². The second-order valence-corrected chi connectivity index (χ2v) is 7.58. The Morgan fingerprint density at radius 1 is 0.909 bits per heavy atom. The van der Waals surface area contributed by atoms with Gasteiger partial charge in [0.15, 0.2) is 5.69 Å². The molecule has 0 saturated carbocycles. The molecule has 0 aliphatic rings. The zero-order valence-electron chi connectivity index (χ0n) is 17.5. The van der Waals surface area contributed by atoms with Crippen molar-refractivity contribution < 1.29 is 14.3 Å². The number of aromatic nitrogens is 2. The molecule has 0 unspecified atom stereocenters. The molecule has 1 aromatic heterocycles. The van der Waals surface area contributed by atoms with Crippen LogP contribution in [0.1, 0.15) is 26.4 Å². The summed E-state index contributed by atoms with van der Waals surface area (Å²) in [5, 5.41) is 5.41. The summed E-state index contributed by atoms with van der Waals surface area (Å²) in [4.78, 5) is 37.7. The second-order valence-electron chi connectivity index (χ2n) is 7.14. The molecule has 9 heteroatoms. The number of ether oxygens (including phenoxy) is 1. The van der Waals surface area contributed by atoms with Gasteiger partial charge in [-0.3, -0.25) is 25.2 Å². The van der Waals surface area contributed by atoms with Gasteiger partial charge in [-0.2, -0.15) is 5.10 Å². The first-order chi connectivity index (χ1) is 15.9. The molecule has 0 fully saturated rings. The van der Waals surface area contributed by atoms with Crippen LogP contribution in [0, 0.1) is 0 Å². The molecule has 4 rings (SSSR count). The Balaban J connectivity index is 1.48. The highest BCUT2D eigenvalue weighted by atomic mass is 35.5. The molecule has 2 N–H and O–H groups in total. The first-order valence-corrected chi connectivity index (χ1v) is 10.3. The average molecular weight is 463 g/mol. The third-order valence-corrected chi connectivity index (χ3v) is 5.15. The highest BCUT2D eigenvalue weighted by Gasteiger charge is 2.18. The number of hydrogen-bond acceptors (Lipinski definition) is 5. The number of para-hydroxylation sites is 1. The lowest BCUT2D eigenvalue weighted by atomic mass is 10.1. The predicted molar refractivity (Wildman–Crippen MR) is 124 cm³/mol. The van der Waals surface area contributed by atoms with E-state index in [1.807, 2.05) is 12.1 Å². The number of nitrogens with one attached hydrogen (secondary N) is 2. The van der Waals surface area contributed by atoms with Crippen LogP contribution in [-0.4, -0.2) is 21.6 Å². The fourth-order valence-electron chi connectivity index (χ4n) is 3.23. The molecule has 1 heterocycles. The van der Waals surface area contributed by atoms with Crippen molar-refractivity contribution in [1.82, 2.24) is 20.6 Å². The Morgan fingerprint density at radius 2 is 1.55 bits per heavy atom. The van der Waals surface area contributed by atoms with Crippen molar-refractivity contribution in [2.45, 2.75) is 6.61 Å². The lowest BCUT2D eigenvalue weighted by Gasteiger charge is -2.13. The van der Waals surface area contributed by atoms with E-state index >= 15 is 0 Å². The smallest absolute Gasteiger partial charge is 0.290 e. The van der Waals surface area contributed by atoms with E-state index in [0.717, 1.165) is 10.2 Å². The summed E-state index contributed by atoms with van der Waals surface area (Å²) in [5.74, 6) is -0.872. The molecule has 0 radical (unpaired) electrons. The van der Waals surface area contributed by atoms with Crippen LogP contribution in [0.25, 0.3) is 10.8 Å². The van der Waals surface area contributed by atoms with Gasteiger partial charge in [-0.15, -0.1) is 0 Å². The number of hydrogen-bond donors (Lipinski definition) is 2. The topological polar surface area (TPSA) is 102 Å². The number of carbonyl (C=O) groups is 2. The number of benzene rings is 3. The van der Waals surface area contributed by atoms with E-state index in [-0.39, 0.29) is 23.4 Å². The summed E-state index contributed by atoms with van der Waals surface area (Å²) < 4.78 is 6.88. The van der Waals surface area contributed by atoms with Crippen molar-refractivity contribution in [2.75, 3.05) is 0 Å². The largest absolute Gasteiger partial charge is 0.488 e. The zero-order chi connectivity index (χ0) is 23.4. The lowest BCUT2D eigenvalue weighted by molar-refractivity contribution is 0.0841. The van der Waals surface area contributed by atoms with Crippen molar-refractivity contribution in [3.8, 4) is 5.75 Å². The van der Waals surface area contributed by atoms with Crippen molar-refractivity contribution in [1.29, 1.82) is 0 Å². The van der Waals surface area contributed by atoms with Crippen molar-refractivity contribution >= 4 is 34.2 Å². The number of halogens is 1. The number of hydrazine groups is 1. The Hall–Kier alpha value is -4.17. The maximum Gasteiger partial charge on any atom is 0.290 e. The second kappa shape index (κ2) is 9.54. The summed E-state index contributed by atoms with van der Waals surface area (Å²) in [6.07, 6.45) is 0. The molecule has 0 atom stereocenters. The number of rotatable bonds is 5. The van der Waals surface area contributed by atoms with Gasteiger partial charge in [-0.25, -0.2) is 4.68 Å². The van der Waals surface area contributed by atoms with Crippen molar-refractivity contribution in [3.05, 3.63) is 105 Å². The van der Waals surface area contributed by atoms with Crippen LogP contribution in [0.5, 0.6) is 5.75 Å². The fourth-order valence-corrected chi connectivity index (χ4v) is 3.36. The van der Waals surface area contributed by atoms with Crippen LogP contribution in [0.2, 0.25) is 5.02 Å². The normalized spacial score (nSPS) is 10.6. The predicted octanol–water partition coefficient (Wildman–Crippen LogP) is 3.24. The summed E-state index contributed by atoms with van der Waals surface area (Å²) in [5.41, 5.74) is 5.55. The minimum absolute atomic E-state index is 0.0141. The molecule has 166 valence electrons. The van der Waals surface area contributed by atoms with Crippen LogP contribution in [0.4, 0.5) is 0 Å². The molecule has 0 aliphatic carbocycles. The fraction of sp³-hybridized carbons (Fsp3) is 0.0833. The average Bonchev–Trinajstić information content (AvgIpc) is 2.84. The van der Waals surface area contributed by atoms with Crippen LogP contribution in [0.3, 0.4) is 0 Å². The molecule has 4 aromatic rings. The van der Waals surface area contributed by atoms with E-state index in [1.54, 1.807) is 60.7 Å². The molecule has 3 aromatic carbocycles. The quantitative estimate of drug-likeness (QED) is 0.443. The maximum atomic E-state index is 12.7. The Kier molecular flexibility index (Phi) is 6.37. The zero-order valence-corrected chi connectivity index (χ0v) is 18.3. The number of carbonyl (C=O) groups excluding carboxylic acids is 2. The molecule has 0 saturated heterocycles. The Labute approximate surface area is 193 Å². The van der Waals surface area contributed by atoms with Crippen LogP contribution >= 0.6 is 11.6 Å². The van der Waals surface area contributed by atoms with E-state index in [9.17, 15) is 14.4 Å². The first-order valence-electron chi connectivity index (χ1n) is 9.97. The Bertz CT molecular complexity index is 1400. The summed E-state index contributed by atoms with van der Waals surface area (Å²) in [6, 6.07) is 20.5. The van der Waals surface area contributed by atoms with Gasteiger partial charge < -0.3 is 4.74 Å². The number of fused-ring (bicyclic) bond motifs is 1. The van der Waals surface area contributed by atoms with Crippen molar-refractivity contribution in [3.63, 3.8) is 0 Å². The van der Waals surface area contributed by atoms with E-state index in [1.165, 1.54) is 7.05 Å². The summed E-state index contributed by atoms with van der Waals surface area (Å²) in [7, 11) is 1.46. The van der Waals surface area contributed by atoms with Crippen LogP contribution in [0.15, 0.2) is 77.6 Å². The van der Waals surface area contributed by atoms with Gasteiger partial charge in [-0.1, -0.05) is 54.1 Å². The minimum atomic E-state index is -0.658. The minimum Gasteiger partial charge on any atom is -0.488 e. The number of amides is 2. The van der Waals surface area contributed by atoms with E-state index in [0.29, 0.717) is 21.5 Å². The lowest BCUT2D eigenvalue weighted by Crippen LogP contribution is -2.42. The number of nitrogens with zero attached hydrogens (tertiary/aromatic N) is 2. The molecular formula is C24H19ClN4O4. The van der Waals surface area contributed by atoms with Crippen molar-refractivity contribution in [2.24, 2.45) is 7.05 Å². The van der Waals surface area contributed by atoms with Gasteiger partial charge in [0, 0.05) is 17.5 Å². The Morgan fingerprint density at radius 3 is 2.30 bits per heavy atom. The van der Waals surface area contributed by atoms with Gasteiger partial charge in [0.2, 0.25) is 0 Å². The third-order valence-electron chi connectivity index (χ3n) is 4.90. The van der Waals surface area contributed by atoms with Gasteiger partial charge in [-0.05, 0) is 35.9 Å². The maximum absolute atomic E-state index is 12.7. The molecule has 33 heavy (non-hydrogen) atoms. The molecular weight excluding hydrogens is 444 g/mol. The molecule has 0 bridgehead atoms.